The molecule has 0 spiro atoms. The fourth-order valence-corrected chi connectivity index (χ4v) is 3.23. The minimum atomic E-state index is 0.0547. The lowest BCUT2D eigenvalue weighted by atomic mass is 9.92. The summed E-state index contributed by atoms with van der Waals surface area (Å²) in [4.78, 5) is 12.9. The Morgan fingerprint density at radius 1 is 1.19 bits per heavy atom. The summed E-state index contributed by atoms with van der Waals surface area (Å²) in [5.41, 5.74) is 3.80. The van der Waals surface area contributed by atoms with Crippen molar-refractivity contribution in [3.05, 3.63) is 63.5 Å². The summed E-state index contributed by atoms with van der Waals surface area (Å²) in [6.07, 6.45) is 12.9. The molecule has 1 aliphatic carbocycles. The van der Waals surface area contributed by atoms with Crippen molar-refractivity contribution in [3.8, 4) is 0 Å². The zero-order chi connectivity index (χ0) is 14.2. The Labute approximate surface area is 123 Å². The predicted molar refractivity (Wildman–Crippen MR) is 84.3 cm³/mol. The molecule has 1 N–H and O–H groups in total. The number of hydrogen-bond donors (Lipinski definition) is 1. The van der Waals surface area contributed by atoms with Gasteiger partial charge in [0.05, 0.1) is 17.2 Å². The van der Waals surface area contributed by atoms with Crippen LogP contribution < -0.4 is 10.7 Å². The van der Waals surface area contributed by atoms with E-state index in [1.165, 1.54) is 5.56 Å². The number of nitrogens with one attached hydrogen (secondary N) is 1. The Hall–Kier alpha value is -2.13. The molecule has 0 fully saturated rings. The number of aryl methyl sites for hydroxylation is 1. The summed E-state index contributed by atoms with van der Waals surface area (Å²) in [6.45, 7) is 0.801. The molecule has 0 amide bonds. The maximum absolute atomic E-state index is 12.9. The van der Waals surface area contributed by atoms with Crippen LogP contribution in [0.15, 0.2) is 45.8 Å². The van der Waals surface area contributed by atoms with E-state index in [2.05, 4.69) is 35.7 Å². The average Bonchev–Trinajstić information content (AvgIpc) is 2.55. The second-order valence-corrected chi connectivity index (χ2v) is 5.64. The average molecular weight is 279 g/mol. The van der Waals surface area contributed by atoms with Gasteiger partial charge in [-0.3, -0.25) is 4.79 Å². The first-order chi connectivity index (χ1) is 10.3. The van der Waals surface area contributed by atoms with E-state index in [1.54, 1.807) is 6.26 Å². The van der Waals surface area contributed by atoms with Crippen LogP contribution in [0.5, 0.6) is 0 Å². The quantitative estimate of drug-likeness (QED) is 0.814. The number of fused-ring (bicyclic) bond motifs is 3. The Bertz CT molecular complexity index is 814. The summed E-state index contributed by atoms with van der Waals surface area (Å²) in [5.74, 6) is 0. The third-order valence-corrected chi connectivity index (χ3v) is 4.36. The van der Waals surface area contributed by atoms with E-state index in [-0.39, 0.29) is 11.5 Å². The predicted octanol–water partition coefficient (Wildman–Crippen LogP) is 3.34. The third kappa shape index (κ3) is 2.05. The molecule has 3 nitrogen and oxygen atoms in total. The molecule has 3 heteroatoms. The molecule has 1 aliphatic heterocycles. The van der Waals surface area contributed by atoms with Crippen LogP contribution in [0.1, 0.15) is 35.6 Å². The smallest absolute Gasteiger partial charge is 0.198 e. The van der Waals surface area contributed by atoms with Crippen LogP contribution in [0.4, 0.5) is 0 Å². The highest BCUT2D eigenvalue weighted by Gasteiger charge is 2.20. The maximum Gasteiger partial charge on any atom is 0.198 e. The lowest BCUT2D eigenvalue weighted by Gasteiger charge is -2.20. The second-order valence-electron chi connectivity index (χ2n) is 5.64. The van der Waals surface area contributed by atoms with Gasteiger partial charge in [0.15, 0.2) is 5.43 Å². The molecule has 4 rings (SSSR count). The lowest BCUT2D eigenvalue weighted by Crippen LogP contribution is -2.28. The minimum Gasteiger partial charge on any atom is -0.464 e. The first kappa shape index (κ1) is 12.6. The zero-order valence-electron chi connectivity index (χ0n) is 11.8. The Kier molecular flexibility index (Phi) is 3.00. The molecule has 2 aromatic rings. The Morgan fingerprint density at radius 3 is 3.00 bits per heavy atom. The molecular weight excluding hydrogens is 262 g/mol. The van der Waals surface area contributed by atoms with Crippen LogP contribution in [-0.4, -0.2) is 6.54 Å². The number of benzene rings is 1. The van der Waals surface area contributed by atoms with Gasteiger partial charge in [-0.1, -0.05) is 30.4 Å². The minimum absolute atomic E-state index is 0.0547. The molecule has 106 valence electrons. The number of hydrogen-bond acceptors (Lipinski definition) is 3. The topological polar surface area (TPSA) is 42.2 Å². The largest absolute Gasteiger partial charge is 0.464 e. The third-order valence-electron chi connectivity index (χ3n) is 4.36. The van der Waals surface area contributed by atoms with Crippen LogP contribution in [0, 0.1) is 0 Å². The first-order valence-corrected chi connectivity index (χ1v) is 7.47. The van der Waals surface area contributed by atoms with Gasteiger partial charge in [0, 0.05) is 12.6 Å². The zero-order valence-corrected chi connectivity index (χ0v) is 11.8. The molecule has 0 saturated carbocycles. The van der Waals surface area contributed by atoms with Crippen LogP contribution in [0.3, 0.4) is 0 Å². The van der Waals surface area contributed by atoms with E-state index < -0.39 is 0 Å². The van der Waals surface area contributed by atoms with Crippen LogP contribution >= 0.6 is 0 Å². The van der Waals surface area contributed by atoms with E-state index in [9.17, 15) is 4.79 Å². The molecule has 2 heterocycles. The van der Waals surface area contributed by atoms with E-state index in [0.717, 1.165) is 42.3 Å². The van der Waals surface area contributed by atoms with Gasteiger partial charge in [-0.15, -0.1) is 0 Å². The lowest BCUT2D eigenvalue weighted by molar-refractivity contribution is 0.519. The fraction of sp³-hybridized carbons (Fsp3) is 0.278. The van der Waals surface area contributed by atoms with Crippen molar-refractivity contribution in [1.29, 1.82) is 0 Å². The summed E-state index contributed by atoms with van der Waals surface area (Å²) < 4.78 is 5.74. The standard InChI is InChI=1S/C18H17NO2/c20-18-14(15-7-3-4-10-19-15)11-21-16-9-8-12-5-1-2-6-13(12)17(16)18/h2-4,6,8-9,11,15,19H,1,5,7,10H2. The van der Waals surface area contributed by atoms with E-state index >= 15 is 0 Å². The normalized spacial score (nSPS) is 20.7. The summed E-state index contributed by atoms with van der Waals surface area (Å²) in [7, 11) is 0. The van der Waals surface area contributed by atoms with Crippen LogP contribution in [0.2, 0.25) is 0 Å². The summed E-state index contributed by atoms with van der Waals surface area (Å²) in [5, 5.41) is 4.09. The first-order valence-electron chi connectivity index (χ1n) is 7.47. The number of allylic oxidation sites excluding steroid dienone is 1. The molecule has 0 saturated heterocycles. The molecule has 0 bridgehead atoms. The molecule has 1 aromatic carbocycles. The van der Waals surface area contributed by atoms with Gasteiger partial charge in [-0.25, -0.2) is 0 Å². The van der Waals surface area contributed by atoms with Gasteiger partial charge in [-0.05, 0) is 36.5 Å². The van der Waals surface area contributed by atoms with Gasteiger partial charge < -0.3 is 9.73 Å². The van der Waals surface area contributed by atoms with Gasteiger partial charge in [0.1, 0.15) is 5.58 Å². The highest BCUT2D eigenvalue weighted by molar-refractivity contribution is 5.89. The molecular formula is C18H17NO2. The second kappa shape index (κ2) is 5.01. The summed E-state index contributed by atoms with van der Waals surface area (Å²) in [6, 6.07) is 4.05. The van der Waals surface area contributed by atoms with Crippen molar-refractivity contribution in [2.75, 3.05) is 6.54 Å². The SMILES string of the molecule is O=c1c(C2CC=CCN2)coc2ccc3c(c12)C=CCC3. The van der Waals surface area contributed by atoms with Crippen molar-refractivity contribution in [2.24, 2.45) is 0 Å². The molecule has 2 aliphatic rings. The van der Waals surface area contributed by atoms with E-state index in [0.29, 0.717) is 5.58 Å². The van der Waals surface area contributed by atoms with Crippen molar-refractivity contribution >= 4 is 17.0 Å². The molecule has 1 aromatic heterocycles. The Morgan fingerprint density at radius 2 is 2.14 bits per heavy atom. The molecule has 1 atom stereocenters. The Balaban J connectivity index is 1.96. The molecule has 0 radical (unpaired) electrons. The van der Waals surface area contributed by atoms with Crippen LogP contribution in [0.25, 0.3) is 17.0 Å². The van der Waals surface area contributed by atoms with Gasteiger partial charge in [0.25, 0.3) is 0 Å². The maximum atomic E-state index is 12.9. The highest BCUT2D eigenvalue weighted by atomic mass is 16.3. The van der Waals surface area contributed by atoms with E-state index in [1.807, 2.05) is 6.07 Å². The van der Waals surface area contributed by atoms with Crippen molar-refractivity contribution < 1.29 is 4.42 Å². The van der Waals surface area contributed by atoms with Crippen LogP contribution in [-0.2, 0) is 6.42 Å². The van der Waals surface area contributed by atoms with Crippen molar-refractivity contribution in [2.45, 2.75) is 25.3 Å². The van der Waals surface area contributed by atoms with Crippen molar-refractivity contribution in [1.82, 2.24) is 5.32 Å². The van der Waals surface area contributed by atoms with Gasteiger partial charge in [-0.2, -0.15) is 0 Å². The van der Waals surface area contributed by atoms with Crippen molar-refractivity contribution in [3.63, 3.8) is 0 Å². The fourth-order valence-electron chi connectivity index (χ4n) is 3.23. The molecule has 21 heavy (non-hydrogen) atoms. The van der Waals surface area contributed by atoms with Gasteiger partial charge >= 0.3 is 0 Å². The van der Waals surface area contributed by atoms with Gasteiger partial charge in [0.2, 0.25) is 0 Å². The molecule has 1 unspecified atom stereocenters. The number of rotatable bonds is 1. The monoisotopic (exact) mass is 279 g/mol. The summed E-state index contributed by atoms with van der Waals surface area (Å²) >= 11 is 0. The highest BCUT2D eigenvalue weighted by Crippen LogP contribution is 2.28. The van der Waals surface area contributed by atoms with E-state index in [4.69, 9.17) is 4.42 Å².